The first-order chi connectivity index (χ1) is 10.3. The van der Waals surface area contributed by atoms with Crippen molar-refractivity contribution >= 4 is 5.69 Å². The molecule has 2 N–H and O–H groups in total. The smallest absolute Gasteiger partial charge is 0.182 e. The van der Waals surface area contributed by atoms with Crippen molar-refractivity contribution in [3.63, 3.8) is 0 Å². The standard InChI is InChI=1S/C15H21N5O/c1-21-14-9-12(7-8-13(14)16)15-17-18-19-20(15)10-11-5-3-2-4-6-11/h7-9,11H,2-6,10,16H2,1H3. The van der Waals surface area contributed by atoms with Crippen LogP contribution in [-0.4, -0.2) is 27.3 Å². The quantitative estimate of drug-likeness (QED) is 0.874. The average molecular weight is 287 g/mol. The van der Waals surface area contributed by atoms with Crippen LogP contribution in [0.2, 0.25) is 0 Å². The number of methoxy groups -OCH3 is 1. The molecule has 6 nitrogen and oxygen atoms in total. The SMILES string of the molecule is COc1cc(-c2nnnn2CC2CCCCC2)ccc1N. The van der Waals surface area contributed by atoms with Gasteiger partial charge in [-0.05, 0) is 47.4 Å². The van der Waals surface area contributed by atoms with E-state index < -0.39 is 0 Å². The number of nitrogen functional groups attached to an aromatic ring is 1. The highest BCUT2D eigenvalue weighted by molar-refractivity contribution is 5.65. The van der Waals surface area contributed by atoms with Gasteiger partial charge in [-0.15, -0.1) is 5.10 Å². The molecule has 3 rings (SSSR count). The normalized spacial score (nSPS) is 16.0. The first-order valence-corrected chi connectivity index (χ1v) is 7.48. The van der Waals surface area contributed by atoms with E-state index in [0.717, 1.165) is 17.9 Å². The van der Waals surface area contributed by atoms with E-state index in [1.165, 1.54) is 32.1 Å². The minimum absolute atomic E-state index is 0.618. The van der Waals surface area contributed by atoms with E-state index in [9.17, 15) is 0 Å². The van der Waals surface area contributed by atoms with Crippen molar-refractivity contribution in [1.29, 1.82) is 0 Å². The zero-order valence-electron chi connectivity index (χ0n) is 12.3. The Morgan fingerprint density at radius 1 is 1.29 bits per heavy atom. The van der Waals surface area contributed by atoms with E-state index in [1.54, 1.807) is 7.11 Å². The van der Waals surface area contributed by atoms with E-state index in [-0.39, 0.29) is 0 Å². The van der Waals surface area contributed by atoms with Gasteiger partial charge in [-0.1, -0.05) is 19.3 Å². The van der Waals surface area contributed by atoms with Crippen molar-refractivity contribution in [1.82, 2.24) is 20.2 Å². The lowest BCUT2D eigenvalue weighted by molar-refractivity contribution is 0.307. The van der Waals surface area contributed by atoms with Crippen molar-refractivity contribution in [2.75, 3.05) is 12.8 Å². The first kappa shape index (κ1) is 13.9. The Labute approximate surface area is 124 Å². The van der Waals surface area contributed by atoms with Crippen LogP contribution in [0.25, 0.3) is 11.4 Å². The molecule has 0 bridgehead atoms. The van der Waals surface area contributed by atoms with E-state index >= 15 is 0 Å². The van der Waals surface area contributed by atoms with E-state index in [2.05, 4.69) is 15.5 Å². The molecule has 1 fully saturated rings. The zero-order valence-corrected chi connectivity index (χ0v) is 12.3. The van der Waals surface area contributed by atoms with Gasteiger partial charge in [0.15, 0.2) is 5.82 Å². The first-order valence-electron chi connectivity index (χ1n) is 7.48. The summed E-state index contributed by atoms with van der Waals surface area (Å²) in [5, 5.41) is 12.1. The molecule has 1 aromatic carbocycles. The third kappa shape index (κ3) is 2.99. The third-order valence-electron chi connectivity index (χ3n) is 4.18. The molecule has 0 atom stereocenters. The summed E-state index contributed by atoms with van der Waals surface area (Å²) in [6.07, 6.45) is 6.53. The van der Waals surface area contributed by atoms with Gasteiger partial charge in [0, 0.05) is 12.1 Å². The predicted octanol–water partition coefficient (Wildman–Crippen LogP) is 2.51. The number of aromatic nitrogens is 4. The summed E-state index contributed by atoms with van der Waals surface area (Å²) in [5.41, 5.74) is 7.41. The molecule has 2 aromatic rings. The minimum Gasteiger partial charge on any atom is -0.495 e. The lowest BCUT2D eigenvalue weighted by Crippen LogP contribution is -2.16. The molecule has 1 saturated carbocycles. The van der Waals surface area contributed by atoms with E-state index in [0.29, 0.717) is 17.4 Å². The molecule has 0 radical (unpaired) electrons. The maximum Gasteiger partial charge on any atom is 0.182 e. The van der Waals surface area contributed by atoms with Crippen LogP contribution < -0.4 is 10.5 Å². The molecule has 0 aliphatic heterocycles. The van der Waals surface area contributed by atoms with E-state index in [1.807, 2.05) is 22.9 Å². The number of benzene rings is 1. The molecule has 1 heterocycles. The monoisotopic (exact) mass is 287 g/mol. The largest absolute Gasteiger partial charge is 0.495 e. The van der Waals surface area contributed by atoms with Gasteiger partial charge in [0.2, 0.25) is 0 Å². The number of tetrazole rings is 1. The fourth-order valence-corrected chi connectivity index (χ4v) is 3.00. The van der Waals surface area contributed by atoms with Crippen LogP contribution in [0.1, 0.15) is 32.1 Å². The second-order valence-corrected chi connectivity index (χ2v) is 5.65. The topological polar surface area (TPSA) is 78.9 Å². The van der Waals surface area contributed by atoms with Crippen LogP contribution in [0.5, 0.6) is 5.75 Å². The van der Waals surface area contributed by atoms with Gasteiger partial charge in [0.05, 0.1) is 12.8 Å². The van der Waals surface area contributed by atoms with Crippen molar-refractivity contribution in [3.05, 3.63) is 18.2 Å². The number of ether oxygens (including phenoxy) is 1. The Balaban J connectivity index is 1.84. The Hall–Kier alpha value is -2.11. The number of rotatable bonds is 4. The molecule has 0 spiro atoms. The molecule has 0 unspecified atom stereocenters. The number of nitrogens with two attached hydrogens (primary N) is 1. The van der Waals surface area contributed by atoms with Gasteiger partial charge >= 0.3 is 0 Å². The molecular weight excluding hydrogens is 266 g/mol. The molecule has 21 heavy (non-hydrogen) atoms. The fourth-order valence-electron chi connectivity index (χ4n) is 3.00. The van der Waals surface area contributed by atoms with Crippen molar-refractivity contribution in [2.24, 2.45) is 5.92 Å². The molecule has 1 aromatic heterocycles. The molecule has 1 aliphatic rings. The predicted molar refractivity (Wildman–Crippen MR) is 80.8 cm³/mol. The van der Waals surface area contributed by atoms with Gasteiger partial charge in [-0.3, -0.25) is 0 Å². The number of hydrogen-bond donors (Lipinski definition) is 1. The fraction of sp³-hybridized carbons (Fsp3) is 0.533. The summed E-state index contributed by atoms with van der Waals surface area (Å²) in [4.78, 5) is 0. The molecule has 112 valence electrons. The van der Waals surface area contributed by atoms with Crippen LogP contribution in [0.3, 0.4) is 0 Å². The van der Waals surface area contributed by atoms with Gasteiger partial charge < -0.3 is 10.5 Å². The molecular formula is C15H21N5O. The summed E-state index contributed by atoms with van der Waals surface area (Å²) in [6, 6.07) is 5.65. The summed E-state index contributed by atoms with van der Waals surface area (Å²) in [7, 11) is 1.61. The third-order valence-corrected chi connectivity index (χ3v) is 4.18. The second-order valence-electron chi connectivity index (χ2n) is 5.65. The average Bonchev–Trinajstić information content (AvgIpc) is 2.97. The van der Waals surface area contributed by atoms with Crippen LogP contribution in [-0.2, 0) is 6.54 Å². The highest BCUT2D eigenvalue weighted by Gasteiger charge is 2.18. The molecule has 0 saturated heterocycles. The number of anilines is 1. The second kappa shape index (κ2) is 6.11. The minimum atomic E-state index is 0.618. The van der Waals surface area contributed by atoms with Gasteiger partial charge in [-0.2, -0.15) is 0 Å². The molecule has 1 aliphatic carbocycles. The summed E-state index contributed by atoms with van der Waals surface area (Å²) in [6.45, 7) is 0.884. The highest BCUT2D eigenvalue weighted by atomic mass is 16.5. The Morgan fingerprint density at radius 2 is 2.10 bits per heavy atom. The Kier molecular flexibility index (Phi) is 4.03. The molecule has 0 amide bonds. The van der Waals surface area contributed by atoms with Crippen molar-refractivity contribution in [3.8, 4) is 17.1 Å². The lowest BCUT2D eigenvalue weighted by Gasteiger charge is -2.21. The summed E-state index contributed by atoms with van der Waals surface area (Å²) in [5.74, 6) is 2.11. The van der Waals surface area contributed by atoms with Crippen LogP contribution in [0.15, 0.2) is 18.2 Å². The maximum absolute atomic E-state index is 5.86. The van der Waals surface area contributed by atoms with Crippen LogP contribution >= 0.6 is 0 Å². The Morgan fingerprint density at radius 3 is 2.86 bits per heavy atom. The summed E-state index contributed by atoms with van der Waals surface area (Å²) >= 11 is 0. The number of hydrogen-bond acceptors (Lipinski definition) is 5. The summed E-state index contributed by atoms with van der Waals surface area (Å²) < 4.78 is 7.17. The Bertz CT molecular complexity index is 604. The van der Waals surface area contributed by atoms with Crippen LogP contribution in [0.4, 0.5) is 5.69 Å². The maximum atomic E-state index is 5.86. The molecule has 6 heteroatoms. The number of nitrogens with zero attached hydrogens (tertiary/aromatic N) is 4. The van der Waals surface area contributed by atoms with Crippen molar-refractivity contribution in [2.45, 2.75) is 38.6 Å². The zero-order chi connectivity index (χ0) is 14.7. The van der Waals surface area contributed by atoms with Gasteiger partial charge in [0.25, 0.3) is 0 Å². The highest BCUT2D eigenvalue weighted by Crippen LogP contribution is 2.29. The van der Waals surface area contributed by atoms with Gasteiger partial charge in [-0.25, -0.2) is 4.68 Å². The van der Waals surface area contributed by atoms with Gasteiger partial charge in [0.1, 0.15) is 5.75 Å². The lowest BCUT2D eigenvalue weighted by atomic mass is 9.89. The van der Waals surface area contributed by atoms with E-state index in [4.69, 9.17) is 10.5 Å². The van der Waals surface area contributed by atoms with Crippen LogP contribution in [0, 0.1) is 5.92 Å². The van der Waals surface area contributed by atoms with Crippen molar-refractivity contribution < 1.29 is 4.74 Å².